The third kappa shape index (κ3) is 3.50. The highest BCUT2D eigenvalue weighted by molar-refractivity contribution is 6.06. The van der Waals surface area contributed by atoms with Crippen LogP contribution in [-0.2, 0) is 16.0 Å². The van der Waals surface area contributed by atoms with Gasteiger partial charge in [-0.25, -0.2) is 4.79 Å². The van der Waals surface area contributed by atoms with E-state index in [0.29, 0.717) is 12.2 Å². The lowest BCUT2D eigenvalue weighted by molar-refractivity contribution is 0.0365. The molecule has 136 valence electrons. The molecule has 1 saturated heterocycles. The van der Waals surface area contributed by atoms with Crippen LogP contribution < -0.4 is 0 Å². The molecule has 0 radical (unpaired) electrons. The van der Waals surface area contributed by atoms with Crippen LogP contribution in [0.1, 0.15) is 28.5 Å². The molecule has 6 heteroatoms. The van der Waals surface area contributed by atoms with E-state index in [-0.39, 0.29) is 11.7 Å². The maximum absolute atomic E-state index is 12.5. The van der Waals surface area contributed by atoms with Gasteiger partial charge in [0.05, 0.1) is 25.4 Å². The molecule has 0 spiro atoms. The Morgan fingerprint density at radius 1 is 1.24 bits per heavy atom. The van der Waals surface area contributed by atoms with Crippen LogP contribution in [0.15, 0.2) is 12.1 Å². The van der Waals surface area contributed by atoms with Gasteiger partial charge in [-0.15, -0.1) is 0 Å². The Balaban J connectivity index is 1.99. The van der Waals surface area contributed by atoms with Gasteiger partial charge in [-0.3, -0.25) is 4.90 Å². The van der Waals surface area contributed by atoms with Gasteiger partial charge in [-0.1, -0.05) is 0 Å². The summed E-state index contributed by atoms with van der Waals surface area (Å²) in [5.41, 5.74) is 3.19. The lowest BCUT2D eigenvalue weighted by Gasteiger charge is -2.27. The highest BCUT2D eigenvalue weighted by Crippen LogP contribution is 2.32. The summed E-state index contributed by atoms with van der Waals surface area (Å²) in [6, 6.07) is 3.62. The quantitative estimate of drug-likeness (QED) is 0.843. The molecule has 1 fully saturated rings. The van der Waals surface area contributed by atoms with E-state index in [1.165, 1.54) is 0 Å². The zero-order valence-electron chi connectivity index (χ0n) is 15.2. The van der Waals surface area contributed by atoms with Crippen molar-refractivity contribution in [1.29, 1.82) is 0 Å². The maximum atomic E-state index is 12.5. The average molecular weight is 346 g/mol. The maximum Gasteiger partial charge on any atom is 0.340 e. The van der Waals surface area contributed by atoms with Gasteiger partial charge >= 0.3 is 5.97 Å². The van der Waals surface area contributed by atoms with E-state index in [1.807, 2.05) is 19.9 Å². The SMILES string of the molecule is CCOC(=O)c1c(C)n(CCN2CCOCC2)c2cc(C)c(O)cc12. The zero-order valence-corrected chi connectivity index (χ0v) is 15.2. The fourth-order valence-electron chi connectivity index (χ4n) is 3.43. The van der Waals surface area contributed by atoms with E-state index in [2.05, 4.69) is 9.47 Å². The number of carbonyl (C=O) groups is 1. The Labute approximate surface area is 147 Å². The average Bonchev–Trinajstić information content (AvgIpc) is 2.85. The molecule has 0 atom stereocenters. The van der Waals surface area contributed by atoms with Crippen LogP contribution in [0.2, 0.25) is 0 Å². The molecule has 2 heterocycles. The van der Waals surface area contributed by atoms with Crippen molar-refractivity contribution in [2.24, 2.45) is 0 Å². The lowest BCUT2D eigenvalue weighted by Crippen LogP contribution is -2.38. The number of morpholine rings is 1. The normalized spacial score (nSPS) is 15.6. The molecule has 1 N–H and O–H groups in total. The second-order valence-corrected chi connectivity index (χ2v) is 6.44. The van der Waals surface area contributed by atoms with E-state index in [1.54, 1.807) is 13.0 Å². The summed E-state index contributed by atoms with van der Waals surface area (Å²) in [6.45, 7) is 11.0. The minimum atomic E-state index is -0.335. The first kappa shape index (κ1) is 17.8. The van der Waals surface area contributed by atoms with Crippen molar-refractivity contribution in [3.05, 3.63) is 29.0 Å². The molecule has 3 rings (SSSR count). The van der Waals surface area contributed by atoms with Crippen molar-refractivity contribution in [3.63, 3.8) is 0 Å². The summed E-state index contributed by atoms with van der Waals surface area (Å²) in [5.74, 6) is -0.137. The van der Waals surface area contributed by atoms with Crippen LogP contribution in [0.4, 0.5) is 0 Å². The fourth-order valence-corrected chi connectivity index (χ4v) is 3.43. The summed E-state index contributed by atoms with van der Waals surface area (Å²) in [6.07, 6.45) is 0. The molecule has 1 aromatic heterocycles. The lowest BCUT2D eigenvalue weighted by atomic mass is 10.1. The van der Waals surface area contributed by atoms with Crippen molar-refractivity contribution in [1.82, 2.24) is 9.47 Å². The first-order valence-corrected chi connectivity index (χ1v) is 8.82. The molecule has 6 nitrogen and oxygen atoms in total. The van der Waals surface area contributed by atoms with Crippen LogP contribution in [0, 0.1) is 13.8 Å². The van der Waals surface area contributed by atoms with Crippen molar-refractivity contribution < 1.29 is 19.4 Å². The predicted octanol–water partition coefficient (Wildman–Crippen LogP) is 2.47. The molecule has 1 aromatic carbocycles. The van der Waals surface area contributed by atoms with Gasteiger partial charge < -0.3 is 19.1 Å². The van der Waals surface area contributed by atoms with E-state index in [4.69, 9.17) is 9.47 Å². The molecule has 0 unspecified atom stereocenters. The molecule has 1 aliphatic rings. The molecule has 0 saturated carbocycles. The fraction of sp³-hybridized carbons (Fsp3) is 0.526. The number of carbonyl (C=O) groups excluding carboxylic acids is 1. The molecule has 0 amide bonds. The number of rotatable bonds is 5. The standard InChI is InChI=1S/C19H26N2O4/c1-4-25-19(23)18-14(3)21(6-5-20-7-9-24-10-8-20)16-11-13(2)17(22)12-15(16)18/h11-12,22H,4-10H2,1-3H3. The Bertz CT molecular complexity index is 776. The molecule has 1 aliphatic heterocycles. The number of aromatic nitrogens is 1. The Morgan fingerprint density at radius 3 is 2.64 bits per heavy atom. The van der Waals surface area contributed by atoms with E-state index >= 15 is 0 Å². The van der Waals surface area contributed by atoms with Crippen LogP contribution in [0.5, 0.6) is 5.75 Å². The third-order valence-electron chi connectivity index (χ3n) is 4.86. The molecule has 25 heavy (non-hydrogen) atoms. The molecular formula is C19H26N2O4. The van der Waals surface area contributed by atoms with E-state index in [0.717, 1.165) is 61.6 Å². The molecular weight excluding hydrogens is 320 g/mol. The van der Waals surface area contributed by atoms with Crippen molar-refractivity contribution in [3.8, 4) is 5.75 Å². The topological polar surface area (TPSA) is 63.9 Å². The number of nitrogens with zero attached hydrogens (tertiary/aromatic N) is 2. The number of phenolic OH excluding ortho intramolecular Hbond substituents is 1. The van der Waals surface area contributed by atoms with Gasteiger partial charge in [-0.2, -0.15) is 0 Å². The Morgan fingerprint density at radius 2 is 1.96 bits per heavy atom. The van der Waals surface area contributed by atoms with E-state index < -0.39 is 0 Å². The number of benzene rings is 1. The van der Waals surface area contributed by atoms with Crippen LogP contribution in [-0.4, -0.2) is 60.0 Å². The number of hydrogen-bond donors (Lipinski definition) is 1. The molecule has 2 aromatic rings. The Kier molecular flexibility index (Phi) is 5.30. The molecule has 0 aliphatic carbocycles. The van der Waals surface area contributed by atoms with Crippen molar-refractivity contribution >= 4 is 16.9 Å². The third-order valence-corrected chi connectivity index (χ3v) is 4.86. The number of aryl methyl sites for hydroxylation is 1. The number of phenols is 1. The van der Waals surface area contributed by atoms with Crippen LogP contribution in [0.25, 0.3) is 10.9 Å². The first-order chi connectivity index (χ1) is 12.0. The largest absolute Gasteiger partial charge is 0.508 e. The predicted molar refractivity (Wildman–Crippen MR) is 96.3 cm³/mol. The zero-order chi connectivity index (χ0) is 18.0. The first-order valence-electron chi connectivity index (χ1n) is 8.82. The number of aromatic hydroxyl groups is 1. The summed E-state index contributed by atoms with van der Waals surface area (Å²) in [7, 11) is 0. The minimum Gasteiger partial charge on any atom is -0.508 e. The Hall–Kier alpha value is -2.05. The molecule has 0 bridgehead atoms. The van der Waals surface area contributed by atoms with Gasteiger partial charge in [0.1, 0.15) is 5.75 Å². The second kappa shape index (κ2) is 7.45. The number of esters is 1. The van der Waals surface area contributed by atoms with Gasteiger partial charge in [0.25, 0.3) is 0 Å². The monoisotopic (exact) mass is 346 g/mol. The van der Waals surface area contributed by atoms with Crippen LogP contribution >= 0.6 is 0 Å². The highest BCUT2D eigenvalue weighted by Gasteiger charge is 2.22. The summed E-state index contributed by atoms with van der Waals surface area (Å²) >= 11 is 0. The number of hydrogen-bond acceptors (Lipinski definition) is 5. The van der Waals surface area contributed by atoms with Gasteiger partial charge in [0, 0.05) is 42.8 Å². The summed E-state index contributed by atoms with van der Waals surface area (Å²) < 4.78 is 12.8. The van der Waals surface area contributed by atoms with E-state index in [9.17, 15) is 9.90 Å². The summed E-state index contributed by atoms with van der Waals surface area (Å²) in [4.78, 5) is 14.8. The second-order valence-electron chi connectivity index (χ2n) is 6.44. The van der Waals surface area contributed by atoms with Gasteiger partial charge in [-0.05, 0) is 38.5 Å². The number of fused-ring (bicyclic) bond motifs is 1. The van der Waals surface area contributed by atoms with Gasteiger partial charge in [0.2, 0.25) is 0 Å². The van der Waals surface area contributed by atoms with Gasteiger partial charge in [0.15, 0.2) is 0 Å². The summed E-state index contributed by atoms with van der Waals surface area (Å²) in [5, 5.41) is 10.9. The van der Waals surface area contributed by atoms with Crippen molar-refractivity contribution in [2.45, 2.75) is 27.3 Å². The minimum absolute atomic E-state index is 0.198. The van der Waals surface area contributed by atoms with Crippen molar-refractivity contribution in [2.75, 3.05) is 39.5 Å². The van der Waals surface area contributed by atoms with Crippen LogP contribution in [0.3, 0.4) is 0 Å². The highest BCUT2D eigenvalue weighted by atomic mass is 16.5. The smallest absolute Gasteiger partial charge is 0.340 e. The number of ether oxygens (including phenoxy) is 2.